The molecule has 2 aromatic rings. The van der Waals surface area contributed by atoms with Gasteiger partial charge in [-0.1, -0.05) is 24.3 Å². The van der Waals surface area contributed by atoms with E-state index in [1.54, 1.807) is 49.3 Å². The van der Waals surface area contributed by atoms with E-state index >= 15 is 0 Å². The number of hydrogen-bond donors (Lipinski definition) is 1. The van der Waals surface area contributed by atoms with Crippen molar-refractivity contribution in [1.29, 1.82) is 5.26 Å². The molecule has 0 saturated carbocycles. The topological polar surface area (TPSA) is 97.7 Å². The molecular formula is C25H23ClN2O5. The predicted octanol–water partition coefficient (Wildman–Crippen LogP) is 4.70. The molecule has 0 fully saturated rings. The van der Waals surface area contributed by atoms with E-state index in [1.807, 2.05) is 6.07 Å². The Morgan fingerprint density at radius 1 is 1.21 bits per heavy atom. The molecule has 0 heterocycles. The van der Waals surface area contributed by atoms with E-state index in [0.29, 0.717) is 39.6 Å². The molecule has 0 aliphatic rings. The van der Waals surface area contributed by atoms with Crippen LogP contribution in [0.4, 0.5) is 5.69 Å². The monoisotopic (exact) mass is 466 g/mol. The Hall–Kier alpha value is -3.98. The van der Waals surface area contributed by atoms with Gasteiger partial charge in [0.2, 0.25) is 5.76 Å². The molecule has 0 aliphatic carbocycles. The minimum atomic E-state index is -0.521. The first-order chi connectivity index (χ1) is 15.9. The van der Waals surface area contributed by atoms with Gasteiger partial charge in [-0.05, 0) is 49.7 Å². The zero-order valence-electron chi connectivity index (χ0n) is 18.2. The highest BCUT2D eigenvalue weighted by Gasteiger charge is 2.18. The van der Waals surface area contributed by atoms with Crippen LogP contribution in [0.25, 0.3) is 5.76 Å². The first-order valence-electron chi connectivity index (χ1n) is 9.90. The van der Waals surface area contributed by atoms with Crippen LogP contribution in [0.1, 0.15) is 23.6 Å². The van der Waals surface area contributed by atoms with E-state index < -0.39 is 5.97 Å². The third-order valence-corrected chi connectivity index (χ3v) is 4.47. The summed E-state index contributed by atoms with van der Waals surface area (Å²) in [5.41, 5.74) is 2.49. The lowest BCUT2D eigenvalue weighted by atomic mass is 10.0. The van der Waals surface area contributed by atoms with Gasteiger partial charge in [0.15, 0.2) is 12.7 Å². The van der Waals surface area contributed by atoms with Crippen LogP contribution in [0.5, 0.6) is 5.75 Å². The number of hydrogen-bond acceptors (Lipinski definition) is 7. The summed E-state index contributed by atoms with van der Waals surface area (Å²) in [5.74, 6) is 1.50. The number of halogens is 1. The lowest BCUT2D eigenvalue weighted by Gasteiger charge is -2.17. The molecule has 1 N–H and O–H groups in total. The molecular weight excluding hydrogens is 444 g/mol. The Morgan fingerprint density at radius 2 is 1.94 bits per heavy atom. The summed E-state index contributed by atoms with van der Waals surface area (Å²) in [7, 11) is 0. The Labute approximate surface area is 197 Å². The quantitative estimate of drug-likeness (QED) is 0.0920. The van der Waals surface area contributed by atoms with E-state index in [2.05, 4.69) is 18.5 Å². The van der Waals surface area contributed by atoms with Gasteiger partial charge in [0.05, 0.1) is 17.2 Å². The van der Waals surface area contributed by atoms with Crippen LogP contribution in [-0.4, -0.2) is 31.9 Å². The average molecular weight is 467 g/mol. The third-order valence-electron chi connectivity index (χ3n) is 4.25. The lowest BCUT2D eigenvalue weighted by molar-refractivity contribution is -0.139. The van der Waals surface area contributed by atoms with Gasteiger partial charge in [-0.15, -0.1) is 6.58 Å². The van der Waals surface area contributed by atoms with Crippen molar-refractivity contribution in [1.82, 2.24) is 0 Å². The van der Waals surface area contributed by atoms with Crippen molar-refractivity contribution >= 4 is 35.0 Å². The van der Waals surface area contributed by atoms with Crippen molar-refractivity contribution < 1.29 is 23.8 Å². The molecule has 0 spiro atoms. The van der Waals surface area contributed by atoms with Gasteiger partial charge in [0.25, 0.3) is 0 Å². The molecule has 8 heteroatoms. The van der Waals surface area contributed by atoms with Crippen LogP contribution < -0.4 is 10.1 Å². The van der Waals surface area contributed by atoms with Crippen LogP contribution in [0.3, 0.4) is 0 Å². The van der Waals surface area contributed by atoms with Gasteiger partial charge >= 0.3 is 5.97 Å². The fourth-order valence-corrected chi connectivity index (χ4v) is 2.95. The van der Waals surface area contributed by atoms with Crippen molar-refractivity contribution in [2.45, 2.75) is 13.3 Å². The smallest absolute Gasteiger partial charge is 0.333 e. The van der Waals surface area contributed by atoms with E-state index in [1.165, 1.54) is 6.07 Å². The summed E-state index contributed by atoms with van der Waals surface area (Å²) in [4.78, 5) is 23.3. The zero-order valence-corrected chi connectivity index (χ0v) is 18.9. The largest absolute Gasteiger partial charge is 0.489 e. The number of rotatable bonds is 12. The fraction of sp³-hybridized carbons (Fsp3) is 0.200. The Bertz CT molecular complexity index is 1110. The van der Waals surface area contributed by atoms with Crippen LogP contribution in [0.15, 0.2) is 61.2 Å². The van der Waals surface area contributed by atoms with Gasteiger partial charge in [0, 0.05) is 21.8 Å². The number of nitriles is 1. The first-order valence-corrected chi connectivity index (χ1v) is 10.3. The number of carbonyl (C=O) groups is 1. The van der Waals surface area contributed by atoms with Crippen molar-refractivity contribution in [3.8, 4) is 11.8 Å². The summed E-state index contributed by atoms with van der Waals surface area (Å²) in [5, 5.41) is 12.2. The second kappa shape index (κ2) is 12.8. The van der Waals surface area contributed by atoms with Gasteiger partial charge in [-0.25, -0.2) is 9.59 Å². The van der Waals surface area contributed by atoms with Crippen LogP contribution in [-0.2, 0) is 25.5 Å². The first kappa shape index (κ1) is 25.3. The Morgan fingerprint density at radius 3 is 2.55 bits per heavy atom. The molecule has 0 amide bonds. The minimum Gasteiger partial charge on any atom is -0.489 e. The Kier molecular flexibility index (Phi) is 9.79. The summed E-state index contributed by atoms with van der Waals surface area (Å²) in [6.07, 6.45) is 2.09. The minimum absolute atomic E-state index is 0.0114. The summed E-state index contributed by atoms with van der Waals surface area (Å²) < 4.78 is 16.5. The summed E-state index contributed by atoms with van der Waals surface area (Å²) in [6, 6.07) is 12.0. The maximum Gasteiger partial charge on any atom is 0.333 e. The van der Waals surface area contributed by atoms with E-state index in [-0.39, 0.29) is 31.3 Å². The van der Waals surface area contributed by atoms with Crippen LogP contribution >= 0.6 is 11.6 Å². The lowest BCUT2D eigenvalue weighted by Crippen LogP contribution is -2.14. The zero-order chi connectivity index (χ0) is 24.2. The third kappa shape index (κ3) is 7.58. The maximum atomic E-state index is 11.7. The second-order valence-corrected chi connectivity index (χ2v) is 7.22. The van der Waals surface area contributed by atoms with Crippen LogP contribution in [0.2, 0.25) is 5.02 Å². The molecule has 0 bridgehead atoms. The van der Waals surface area contributed by atoms with Crippen molar-refractivity contribution in [2.24, 2.45) is 0 Å². The predicted molar refractivity (Wildman–Crippen MR) is 126 cm³/mol. The van der Waals surface area contributed by atoms with Crippen molar-refractivity contribution in [3.05, 3.63) is 82.9 Å². The standard InChI is InChI=1S/C25H23ClN2O5/c1-4-5-19-12-20(26)13-22(24(19)31-10-11-32-25(30)17(2)3)23(15-29)33-16-28-21-8-6-18(14-27)7-9-21/h4,6-9,12-13,28H,1-2,5,10-11,16H2,3H3. The summed E-state index contributed by atoms with van der Waals surface area (Å²) >= 11 is 6.25. The number of allylic oxidation sites excluding steroid dienone is 1. The Balaban J connectivity index is 2.17. The number of nitrogens with zero attached hydrogens (tertiary/aromatic N) is 1. The number of anilines is 1. The van der Waals surface area contributed by atoms with Crippen molar-refractivity contribution in [3.63, 3.8) is 0 Å². The molecule has 0 radical (unpaired) electrons. The number of benzene rings is 2. The molecule has 33 heavy (non-hydrogen) atoms. The van der Waals surface area contributed by atoms with Crippen molar-refractivity contribution in [2.75, 3.05) is 25.3 Å². The number of esters is 1. The molecule has 0 aromatic heterocycles. The number of ether oxygens (including phenoxy) is 3. The molecule has 2 rings (SSSR count). The maximum absolute atomic E-state index is 11.7. The van der Waals surface area contributed by atoms with Gasteiger partial charge in [-0.2, -0.15) is 5.26 Å². The molecule has 2 aromatic carbocycles. The van der Waals surface area contributed by atoms with Gasteiger partial charge in [0.1, 0.15) is 19.0 Å². The molecule has 0 unspecified atom stereocenters. The molecule has 7 nitrogen and oxygen atoms in total. The molecule has 0 aliphatic heterocycles. The van der Waals surface area contributed by atoms with Crippen LogP contribution in [0, 0.1) is 11.3 Å². The normalized spacial score (nSPS) is 9.73. The van der Waals surface area contributed by atoms with Gasteiger partial charge < -0.3 is 19.5 Å². The highest BCUT2D eigenvalue weighted by molar-refractivity contribution is 6.31. The highest BCUT2D eigenvalue weighted by atomic mass is 35.5. The number of nitrogens with one attached hydrogen (secondary N) is 1. The highest BCUT2D eigenvalue weighted by Crippen LogP contribution is 2.33. The van der Waals surface area contributed by atoms with E-state index in [0.717, 1.165) is 0 Å². The SMILES string of the molecule is C=CCc1cc(Cl)cc(C(=C=O)OCNc2ccc(C#N)cc2)c1OCCOC(=O)C(=C)C. The molecule has 170 valence electrons. The van der Waals surface area contributed by atoms with Gasteiger partial charge in [-0.3, -0.25) is 0 Å². The number of carbonyl (C=O) groups excluding carboxylic acids is 2. The second-order valence-electron chi connectivity index (χ2n) is 6.78. The molecule has 0 atom stereocenters. The summed E-state index contributed by atoms with van der Waals surface area (Å²) in [6.45, 7) is 8.78. The van der Waals surface area contributed by atoms with E-state index in [4.69, 9.17) is 31.1 Å². The fourth-order valence-electron chi connectivity index (χ4n) is 2.71. The molecule has 0 saturated heterocycles. The van der Waals surface area contributed by atoms with E-state index in [9.17, 15) is 9.59 Å². The average Bonchev–Trinajstić information content (AvgIpc) is 2.80.